The molecule has 1 aromatic heterocycles. The molecule has 0 saturated heterocycles. The summed E-state index contributed by atoms with van der Waals surface area (Å²) in [5.41, 5.74) is 1.80. The maximum atomic E-state index is 9.19. The van der Waals surface area contributed by atoms with Gasteiger partial charge in [0, 0.05) is 4.90 Å². The number of aliphatic hydroxyl groups excluding tert-OH is 1. The lowest BCUT2D eigenvalue weighted by Crippen LogP contribution is -1.86. The molecule has 84 valence electrons. The number of oxazole rings is 1. The monoisotopic (exact) mass is 235 g/mol. The molecule has 0 radical (unpaired) electrons. The fraction of sp³-hybridized carbons (Fsp3) is 0.250. The van der Waals surface area contributed by atoms with Gasteiger partial charge < -0.3 is 9.52 Å². The fourth-order valence-electron chi connectivity index (χ4n) is 1.32. The van der Waals surface area contributed by atoms with Gasteiger partial charge in [-0.2, -0.15) is 0 Å². The van der Waals surface area contributed by atoms with E-state index < -0.39 is 0 Å². The fourth-order valence-corrected chi connectivity index (χ4v) is 2.26. The minimum Gasteiger partial charge on any atom is -0.436 e. The summed E-state index contributed by atoms with van der Waals surface area (Å²) in [6.45, 7) is 3.84. The Hall–Kier alpha value is -1.26. The quantitative estimate of drug-likeness (QED) is 0.888. The van der Waals surface area contributed by atoms with Crippen molar-refractivity contribution < 1.29 is 9.52 Å². The molecule has 0 aliphatic rings. The van der Waals surface area contributed by atoms with E-state index in [1.807, 2.05) is 38.1 Å². The third kappa shape index (κ3) is 2.28. The van der Waals surface area contributed by atoms with Crippen LogP contribution in [-0.4, -0.2) is 10.1 Å². The first kappa shape index (κ1) is 11.2. The van der Waals surface area contributed by atoms with Gasteiger partial charge in [-0.3, -0.25) is 0 Å². The lowest BCUT2D eigenvalue weighted by molar-refractivity contribution is 0.279. The van der Waals surface area contributed by atoms with Crippen molar-refractivity contribution in [1.29, 1.82) is 0 Å². The van der Waals surface area contributed by atoms with Crippen LogP contribution in [0.3, 0.4) is 0 Å². The molecule has 1 aromatic carbocycles. The molecule has 1 heterocycles. The topological polar surface area (TPSA) is 46.3 Å². The number of rotatable bonds is 3. The van der Waals surface area contributed by atoms with Gasteiger partial charge in [-0.15, -0.1) is 0 Å². The minimum atomic E-state index is 0.0296. The Labute approximate surface area is 98.5 Å². The molecule has 0 bridgehead atoms. The number of hydrogen-bond acceptors (Lipinski definition) is 4. The molecule has 0 unspecified atom stereocenters. The van der Waals surface area contributed by atoms with Crippen LogP contribution in [0, 0.1) is 13.8 Å². The second-order valence-corrected chi connectivity index (χ2v) is 4.48. The van der Waals surface area contributed by atoms with Crippen molar-refractivity contribution in [1.82, 2.24) is 4.98 Å². The second kappa shape index (κ2) is 4.72. The molecule has 0 aliphatic carbocycles. The van der Waals surface area contributed by atoms with E-state index in [-0.39, 0.29) is 6.61 Å². The predicted molar refractivity (Wildman–Crippen MR) is 62.5 cm³/mol. The van der Waals surface area contributed by atoms with Crippen molar-refractivity contribution in [3.63, 3.8) is 0 Å². The molecule has 1 N–H and O–H groups in total. The molecule has 3 nitrogen and oxygen atoms in total. The average molecular weight is 235 g/mol. The van der Waals surface area contributed by atoms with E-state index in [0.29, 0.717) is 5.22 Å². The molecule has 2 rings (SSSR count). The van der Waals surface area contributed by atoms with Gasteiger partial charge in [0.1, 0.15) is 5.76 Å². The largest absolute Gasteiger partial charge is 0.436 e. The van der Waals surface area contributed by atoms with Crippen molar-refractivity contribution in [2.45, 2.75) is 30.6 Å². The van der Waals surface area contributed by atoms with Gasteiger partial charge in [-0.25, -0.2) is 4.98 Å². The number of aliphatic hydroxyl groups is 1. The maximum absolute atomic E-state index is 9.19. The van der Waals surface area contributed by atoms with Crippen LogP contribution in [0.1, 0.15) is 17.0 Å². The summed E-state index contributed by atoms with van der Waals surface area (Å²) in [5, 5.41) is 9.81. The van der Waals surface area contributed by atoms with Gasteiger partial charge in [0.15, 0.2) is 0 Å². The molecule has 0 amide bonds. The zero-order chi connectivity index (χ0) is 11.5. The minimum absolute atomic E-state index is 0.0296. The molecule has 16 heavy (non-hydrogen) atoms. The summed E-state index contributed by atoms with van der Waals surface area (Å²) in [7, 11) is 0. The van der Waals surface area contributed by atoms with E-state index in [4.69, 9.17) is 4.42 Å². The van der Waals surface area contributed by atoms with E-state index >= 15 is 0 Å². The third-order valence-electron chi connectivity index (χ3n) is 2.35. The molecule has 4 heteroatoms. The Balaban J connectivity index is 2.26. The highest BCUT2D eigenvalue weighted by molar-refractivity contribution is 7.99. The molecule has 0 saturated carbocycles. The van der Waals surface area contributed by atoms with Crippen LogP contribution in [0.15, 0.2) is 38.8 Å². The lowest BCUT2D eigenvalue weighted by Gasteiger charge is -2.02. The number of aryl methyl sites for hydroxylation is 2. The zero-order valence-electron chi connectivity index (χ0n) is 9.23. The Bertz CT molecular complexity index is 474. The normalized spacial score (nSPS) is 10.7. The highest BCUT2D eigenvalue weighted by Gasteiger charge is 2.09. The highest BCUT2D eigenvalue weighted by atomic mass is 32.2. The standard InChI is InChI=1S/C12H13NO2S/c1-8-9(2)15-12(13-8)16-11-6-4-3-5-10(11)7-14/h3-6,14H,7H2,1-2H3. The van der Waals surface area contributed by atoms with Gasteiger partial charge >= 0.3 is 0 Å². The van der Waals surface area contributed by atoms with Crippen molar-refractivity contribution in [2.75, 3.05) is 0 Å². The Morgan fingerprint density at radius 3 is 2.69 bits per heavy atom. The molecular weight excluding hydrogens is 222 g/mol. The van der Waals surface area contributed by atoms with Crippen LogP contribution in [0.5, 0.6) is 0 Å². The van der Waals surface area contributed by atoms with Crippen LogP contribution in [-0.2, 0) is 6.61 Å². The highest BCUT2D eigenvalue weighted by Crippen LogP contribution is 2.30. The molecular formula is C12H13NO2S. The van der Waals surface area contributed by atoms with Crippen LogP contribution in [0.4, 0.5) is 0 Å². The van der Waals surface area contributed by atoms with Gasteiger partial charge in [-0.1, -0.05) is 18.2 Å². The van der Waals surface area contributed by atoms with Crippen LogP contribution in [0.2, 0.25) is 0 Å². The summed E-state index contributed by atoms with van der Waals surface area (Å²) in [4.78, 5) is 5.27. The maximum Gasteiger partial charge on any atom is 0.261 e. The van der Waals surface area contributed by atoms with E-state index in [1.165, 1.54) is 11.8 Å². The first-order valence-corrected chi connectivity index (χ1v) is 5.83. The summed E-state index contributed by atoms with van der Waals surface area (Å²) in [5.74, 6) is 0.837. The van der Waals surface area contributed by atoms with Gasteiger partial charge in [0.2, 0.25) is 0 Å². The Kier molecular flexibility index (Phi) is 3.31. The number of hydrogen-bond donors (Lipinski definition) is 1. The average Bonchev–Trinajstić information content (AvgIpc) is 2.59. The van der Waals surface area contributed by atoms with Gasteiger partial charge in [0.25, 0.3) is 5.22 Å². The predicted octanol–water partition coefficient (Wildman–Crippen LogP) is 2.93. The number of benzene rings is 1. The molecule has 0 atom stereocenters. The molecule has 0 spiro atoms. The Morgan fingerprint density at radius 2 is 2.06 bits per heavy atom. The molecule has 0 fully saturated rings. The number of nitrogens with zero attached hydrogens (tertiary/aromatic N) is 1. The van der Waals surface area contributed by atoms with E-state index in [2.05, 4.69) is 4.98 Å². The van der Waals surface area contributed by atoms with Gasteiger partial charge in [-0.05, 0) is 37.2 Å². The lowest BCUT2D eigenvalue weighted by atomic mass is 10.2. The van der Waals surface area contributed by atoms with Crippen LogP contribution in [0.25, 0.3) is 0 Å². The van der Waals surface area contributed by atoms with E-state index in [1.54, 1.807) is 0 Å². The van der Waals surface area contributed by atoms with Crippen LogP contribution >= 0.6 is 11.8 Å². The van der Waals surface area contributed by atoms with Crippen molar-refractivity contribution in [3.8, 4) is 0 Å². The summed E-state index contributed by atoms with van der Waals surface area (Å²) in [6.07, 6.45) is 0. The van der Waals surface area contributed by atoms with Crippen molar-refractivity contribution >= 4 is 11.8 Å². The number of aromatic nitrogens is 1. The second-order valence-electron chi connectivity index (χ2n) is 3.49. The van der Waals surface area contributed by atoms with Crippen molar-refractivity contribution in [2.24, 2.45) is 0 Å². The first-order chi connectivity index (χ1) is 7.70. The van der Waals surface area contributed by atoms with Crippen molar-refractivity contribution in [3.05, 3.63) is 41.3 Å². The Morgan fingerprint density at radius 1 is 1.31 bits per heavy atom. The van der Waals surface area contributed by atoms with E-state index in [0.717, 1.165) is 21.9 Å². The SMILES string of the molecule is Cc1nc(Sc2ccccc2CO)oc1C. The van der Waals surface area contributed by atoms with Crippen LogP contribution < -0.4 is 0 Å². The first-order valence-electron chi connectivity index (χ1n) is 5.01. The summed E-state index contributed by atoms with van der Waals surface area (Å²) >= 11 is 1.44. The third-order valence-corrected chi connectivity index (χ3v) is 3.32. The summed E-state index contributed by atoms with van der Waals surface area (Å²) in [6, 6.07) is 7.68. The van der Waals surface area contributed by atoms with Gasteiger partial charge in [0.05, 0.1) is 12.3 Å². The molecule has 0 aliphatic heterocycles. The van der Waals surface area contributed by atoms with E-state index in [9.17, 15) is 5.11 Å². The smallest absolute Gasteiger partial charge is 0.261 e. The molecule has 2 aromatic rings. The summed E-state index contributed by atoms with van der Waals surface area (Å²) < 4.78 is 5.49. The zero-order valence-corrected chi connectivity index (χ0v) is 10.0.